The summed E-state index contributed by atoms with van der Waals surface area (Å²) in [6.07, 6.45) is -1.01. The number of carbonyl (C=O) groups is 2. The van der Waals surface area contributed by atoms with Gasteiger partial charge in [-0.1, -0.05) is 25.3 Å². The molecule has 1 saturated heterocycles. The van der Waals surface area contributed by atoms with Crippen molar-refractivity contribution in [2.75, 3.05) is 31.5 Å². The van der Waals surface area contributed by atoms with Crippen molar-refractivity contribution in [2.45, 2.75) is 62.2 Å². The van der Waals surface area contributed by atoms with E-state index >= 15 is 0 Å². The molecule has 244 valence electrons. The summed E-state index contributed by atoms with van der Waals surface area (Å²) < 4.78 is 98.9. The molecule has 1 heterocycles. The van der Waals surface area contributed by atoms with Crippen LogP contribution in [0.2, 0.25) is 0 Å². The van der Waals surface area contributed by atoms with Gasteiger partial charge in [0.05, 0.1) is 10.5 Å². The van der Waals surface area contributed by atoms with Crippen molar-refractivity contribution in [3.63, 3.8) is 0 Å². The van der Waals surface area contributed by atoms with Gasteiger partial charge in [-0.05, 0) is 86.5 Å². The lowest BCUT2D eigenvalue weighted by Crippen LogP contribution is -2.42. The lowest BCUT2D eigenvalue weighted by Gasteiger charge is -2.36. The number of hydrogen-bond donors (Lipinski definition) is 3. The van der Waals surface area contributed by atoms with Crippen LogP contribution in [0.5, 0.6) is 0 Å². The van der Waals surface area contributed by atoms with Crippen molar-refractivity contribution in [3.05, 3.63) is 59.7 Å². The van der Waals surface area contributed by atoms with Crippen LogP contribution in [0.4, 0.5) is 32.0 Å². The number of carboxylic acids is 1. The first-order valence-corrected chi connectivity index (χ1v) is 15.6. The Morgan fingerprint density at radius 1 is 0.886 bits per heavy atom. The number of hydrogen-bond acceptors (Lipinski definition) is 5. The number of aliphatic carboxylic acids is 1. The molecule has 15 heteroatoms. The number of nitrogens with one attached hydrogen (secondary N) is 2. The number of halogens is 6. The molecule has 2 aromatic carbocycles. The predicted molar refractivity (Wildman–Crippen MR) is 150 cm³/mol. The van der Waals surface area contributed by atoms with Crippen LogP contribution in [0.1, 0.15) is 60.9 Å². The fourth-order valence-corrected chi connectivity index (χ4v) is 6.41. The molecular formula is C29H35F6N3O5S. The van der Waals surface area contributed by atoms with Gasteiger partial charge < -0.3 is 15.3 Å². The zero-order valence-corrected chi connectivity index (χ0v) is 24.6. The van der Waals surface area contributed by atoms with Gasteiger partial charge >= 0.3 is 18.3 Å². The Morgan fingerprint density at radius 2 is 1.50 bits per heavy atom. The Kier molecular flexibility index (Phi) is 12.2. The molecule has 0 aromatic heterocycles. The van der Waals surface area contributed by atoms with E-state index in [0.717, 1.165) is 50.5 Å². The first kappa shape index (κ1) is 35.3. The Bertz CT molecular complexity index is 1360. The number of anilines is 1. The monoisotopic (exact) mass is 651 g/mol. The highest BCUT2D eigenvalue weighted by molar-refractivity contribution is 7.89. The number of nitrogens with zero attached hydrogens (tertiary/aromatic N) is 1. The molecule has 4 rings (SSSR count). The quantitative estimate of drug-likeness (QED) is 0.295. The summed E-state index contributed by atoms with van der Waals surface area (Å²) in [6, 6.07) is 9.71. The fourth-order valence-electron chi connectivity index (χ4n) is 5.29. The molecule has 0 radical (unpaired) electrons. The molecular weight excluding hydrogens is 616 g/mol. The highest BCUT2D eigenvalue weighted by atomic mass is 32.2. The number of amides is 1. The molecule has 1 atom stereocenters. The van der Waals surface area contributed by atoms with Crippen molar-refractivity contribution in [1.82, 2.24) is 9.62 Å². The van der Waals surface area contributed by atoms with E-state index in [1.165, 1.54) is 68.5 Å². The normalized spacial score (nSPS) is 18.6. The number of likely N-dealkylation sites (tertiary alicyclic amines) is 1. The maximum atomic E-state index is 12.9. The van der Waals surface area contributed by atoms with Gasteiger partial charge in [0.1, 0.15) is 0 Å². The lowest BCUT2D eigenvalue weighted by atomic mass is 9.88. The molecule has 2 aromatic rings. The molecule has 1 amide bonds. The molecule has 0 bridgehead atoms. The molecule has 2 aliphatic rings. The number of alkyl halides is 6. The molecule has 3 N–H and O–H groups in total. The molecule has 1 saturated carbocycles. The second kappa shape index (κ2) is 15.2. The largest absolute Gasteiger partial charge is 0.490 e. The number of rotatable bonds is 8. The molecule has 8 nitrogen and oxygen atoms in total. The number of piperidine rings is 1. The zero-order chi connectivity index (χ0) is 32.5. The van der Waals surface area contributed by atoms with Crippen LogP contribution >= 0.6 is 0 Å². The maximum absolute atomic E-state index is 12.9. The second-order valence-corrected chi connectivity index (χ2v) is 12.8. The lowest BCUT2D eigenvalue weighted by molar-refractivity contribution is -0.192. The smallest absolute Gasteiger partial charge is 0.475 e. The topological polar surface area (TPSA) is 116 Å². The van der Waals surface area contributed by atoms with Gasteiger partial charge in [-0.2, -0.15) is 26.3 Å². The van der Waals surface area contributed by atoms with E-state index in [-0.39, 0.29) is 22.1 Å². The van der Waals surface area contributed by atoms with Gasteiger partial charge in [-0.25, -0.2) is 17.9 Å². The first-order chi connectivity index (χ1) is 20.5. The summed E-state index contributed by atoms with van der Waals surface area (Å²) >= 11 is 0. The van der Waals surface area contributed by atoms with E-state index in [9.17, 15) is 39.6 Å². The van der Waals surface area contributed by atoms with Crippen molar-refractivity contribution >= 4 is 27.6 Å². The van der Waals surface area contributed by atoms with Gasteiger partial charge in [-0.3, -0.25) is 4.79 Å². The Balaban J connectivity index is 0.000000676. The predicted octanol–water partition coefficient (Wildman–Crippen LogP) is 6.16. The van der Waals surface area contributed by atoms with E-state index in [4.69, 9.17) is 9.90 Å². The van der Waals surface area contributed by atoms with Crippen LogP contribution in [0.15, 0.2) is 53.4 Å². The van der Waals surface area contributed by atoms with Crippen LogP contribution in [0.25, 0.3) is 0 Å². The summed E-state index contributed by atoms with van der Waals surface area (Å²) in [7, 11) is -3.75. The van der Waals surface area contributed by atoms with Gasteiger partial charge in [0, 0.05) is 30.9 Å². The summed E-state index contributed by atoms with van der Waals surface area (Å²) in [6.45, 7) is 3.44. The van der Waals surface area contributed by atoms with Gasteiger partial charge in [-0.15, -0.1) is 0 Å². The van der Waals surface area contributed by atoms with Crippen molar-refractivity contribution < 1.29 is 49.5 Å². The van der Waals surface area contributed by atoms with Crippen molar-refractivity contribution in [3.8, 4) is 0 Å². The molecule has 1 unspecified atom stereocenters. The van der Waals surface area contributed by atoms with Crippen molar-refractivity contribution in [1.29, 1.82) is 0 Å². The molecule has 1 aliphatic carbocycles. The van der Waals surface area contributed by atoms with Crippen LogP contribution in [0.3, 0.4) is 0 Å². The third-order valence-corrected chi connectivity index (χ3v) is 8.96. The third-order valence-electron chi connectivity index (χ3n) is 7.52. The minimum Gasteiger partial charge on any atom is -0.475 e. The third kappa shape index (κ3) is 11.1. The Labute approximate surface area is 251 Å². The van der Waals surface area contributed by atoms with E-state index in [1.807, 2.05) is 0 Å². The number of benzene rings is 2. The van der Waals surface area contributed by atoms with Crippen molar-refractivity contribution in [2.24, 2.45) is 11.8 Å². The minimum atomic E-state index is -5.08. The average Bonchev–Trinajstić information content (AvgIpc) is 2.96. The minimum absolute atomic E-state index is 0.00297. The van der Waals surface area contributed by atoms with Gasteiger partial charge in [0.15, 0.2) is 0 Å². The standard InChI is InChI=1S/C27H34F3N3O3S.C2HF3O2/c28-27(29,30)23-9-4-10-24(16-23)32-26(34)22-11-13-25(14-12-22)37(35,36)31-17-21-8-5-15-33(19-21)18-20-6-2-1-3-7-20;3-2(4,5)1(6)7/h4,9-14,16,20-21,31H,1-3,5-8,15,17-19H2,(H,32,34);(H,6,7). The number of sulfonamides is 1. The maximum Gasteiger partial charge on any atom is 0.490 e. The average molecular weight is 652 g/mol. The van der Waals surface area contributed by atoms with Crippen LogP contribution < -0.4 is 10.0 Å². The molecule has 0 spiro atoms. The highest BCUT2D eigenvalue weighted by Gasteiger charge is 2.38. The van der Waals surface area contributed by atoms with E-state index in [2.05, 4.69) is 14.9 Å². The molecule has 44 heavy (non-hydrogen) atoms. The van der Waals surface area contributed by atoms with Crippen LogP contribution in [0, 0.1) is 11.8 Å². The fraction of sp³-hybridized carbons (Fsp3) is 0.517. The second-order valence-electron chi connectivity index (χ2n) is 11.0. The Morgan fingerprint density at radius 3 is 2.09 bits per heavy atom. The zero-order valence-electron chi connectivity index (χ0n) is 23.8. The first-order valence-electron chi connectivity index (χ1n) is 14.2. The number of carboxylic acid groups (broad SMARTS) is 1. The highest BCUT2D eigenvalue weighted by Crippen LogP contribution is 2.31. The molecule has 2 fully saturated rings. The Hall–Kier alpha value is -3.17. The summed E-state index contributed by atoms with van der Waals surface area (Å²) in [5.74, 6) is -2.37. The SMILES string of the molecule is O=C(Nc1cccc(C(F)(F)F)c1)c1ccc(S(=O)(=O)NCC2CCCN(CC3CCCCC3)C2)cc1.O=C(O)C(F)(F)F. The van der Waals surface area contributed by atoms with E-state index in [0.29, 0.717) is 6.54 Å². The summed E-state index contributed by atoms with van der Waals surface area (Å²) in [5, 5.41) is 9.55. The summed E-state index contributed by atoms with van der Waals surface area (Å²) in [5.41, 5.74) is -0.724. The van der Waals surface area contributed by atoms with Gasteiger partial charge in [0.25, 0.3) is 5.91 Å². The van der Waals surface area contributed by atoms with Gasteiger partial charge in [0.2, 0.25) is 10.0 Å². The van der Waals surface area contributed by atoms with Crippen LogP contribution in [-0.4, -0.2) is 62.7 Å². The van der Waals surface area contributed by atoms with E-state index in [1.54, 1.807) is 0 Å². The summed E-state index contributed by atoms with van der Waals surface area (Å²) in [4.78, 5) is 23.9. The molecule has 1 aliphatic heterocycles. The van der Waals surface area contributed by atoms with E-state index < -0.39 is 39.8 Å². The van der Waals surface area contributed by atoms with Crippen LogP contribution in [-0.2, 0) is 21.0 Å². The number of carbonyl (C=O) groups excluding carboxylic acids is 1.